The molecule has 122 valence electrons. The first kappa shape index (κ1) is 17.1. The molecule has 2 rings (SSSR count). The zero-order chi connectivity index (χ0) is 16.8. The van der Waals surface area contributed by atoms with Crippen molar-refractivity contribution in [2.24, 2.45) is 0 Å². The molecule has 0 spiro atoms. The predicted molar refractivity (Wildman–Crippen MR) is 91.9 cm³/mol. The number of halogens is 2. The van der Waals surface area contributed by atoms with Gasteiger partial charge < -0.3 is 15.0 Å². The third-order valence-corrected chi connectivity index (χ3v) is 3.63. The highest BCUT2D eigenvalue weighted by molar-refractivity contribution is 7.80. The van der Waals surface area contributed by atoms with Crippen LogP contribution in [0.4, 0.5) is 14.5 Å². The van der Waals surface area contributed by atoms with Crippen LogP contribution < -0.4 is 10.1 Å². The average Bonchev–Trinajstić information content (AvgIpc) is 2.51. The van der Waals surface area contributed by atoms with Gasteiger partial charge in [-0.3, -0.25) is 0 Å². The van der Waals surface area contributed by atoms with Crippen LogP contribution in [0.25, 0.3) is 0 Å². The van der Waals surface area contributed by atoms with Crippen LogP contribution in [0, 0.1) is 6.92 Å². The quantitative estimate of drug-likeness (QED) is 0.817. The van der Waals surface area contributed by atoms with E-state index in [1.54, 1.807) is 12.1 Å². The number of ether oxygens (including phenoxy) is 1. The number of hydrogen-bond donors (Lipinski definition) is 1. The van der Waals surface area contributed by atoms with Crippen molar-refractivity contribution >= 4 is 23.0 Å². The predicted octanol–water partition coefficient (Wildman–Crippen LogP) is 4.43. The molecule has 0 aliphatic carbocycles. The second kappa shape index (κ2) is 7.87. The summed E-state index contributed by atoms with van der Waals surface area (Å²) in [7, 11) is 1.89. The molecule has 3 nitrogen and oxygen atoms in total. The van der Waals surface area contributed by atoms with Crippen molar-refractivity contribution in [3.8, 4) is 5.75 Å². The molecule has 23 heavy (non-hydrogen) atoms. The summed E-state index contributed by atoms with van der Waals surface area (Å²) < 4.78 is 28.5. The van der Waals surface area contributed by atoms with Crippen LogP contribution in [0.5, 0.6) is 5.75 Å². The largest absolute Gasteiger partial charge is 0.435 e. The van der Waals surface area contributed by atoms with Crippen molar-refractivity contribution in [1.82, 2.24) is 4.90 Å². The van der Waals surface area contributed by atoms with Crippen LogP contribution in [-0.2, 0) is 6.54 Å². The summed E-state index contributed by atoms with van der Waals surface area (Å²) in [6.07, 6.45) is 0. The van der Waals surface area contributed by atoms with E-state index in [0.717, 1.165) is 5.56 Å². The smallest absolute Gasteiger partial charge is 0.387 e. The number of anilines is 1. The van der Waals surface area contributed by atoms with E-state index in [2.05, 4.69) is 34.3 Å². The van der Waals surface area contributed by atoms with E-state index < -0.39 is 6.61 Å². The summed E-state index contributed by atoms with van der Waals surface area (Å²) in [5, 5.41) is 3.62. The van der Waals surface area contributed by atoms with Crippen molar-refractivity contribution in [3.63, 3.8) is 0 Å². The van der Waals surface area contributed by atoms with Crippen molar-refractivity contribution < 1.29 is 13.5 Å². The Balaban J connectivity index is 1.91. The van der Waals surface area contributed by atoms with Crippen LogP contribution >= 0.6 is 12.2 Å². The molecule has 2 aromatic rings. The van der Waals surface area contributed by atoms with Gasteiger partial charge in [0.1, 0.15) is 5.75 Å². The number of alkyl halides is 2. The second-order valence-electron chi connectivity index (χ2n) is 5.17. The number of thiocarbonyl (C=S) groups is 1. The van der Waals surface area contributed by atoms with Crippen LogP contribution in [0.2, 0.25) is 0 Å². The molecule has 6 heteroatoms. The fourth-order valence-corrected chi connectivity index (χ4v) is 2.16. The molecule has 0 fully saturated rings. The summed E-state index contributed by atoms with van der Waals surface area (Å²) in [6, 6.07) is 14.5. The maximum atomic E-state index is 12.1. The fraction of sp³-hybridized carbons (Fsp3) is 0.235. The highest BCUT2D eigenvalue weighted by Crippen LogP contribution is 2.18. The van der Waals surface area contributed by atoms with Crippen LogP contribution in [0.3, 0.4) is 0 Å². The summed E-state index contributed by atoms with van der Waals surface area (Å²) in [6.45, 7) is -0.102. The lowest BCUT2D eigenvalue weighted by Gasteiger charge is -2.21. The summed E-state index contributed by atoms with van der Waals surface area (Å²) >= 11 is 5.35. The molecule has 0 aliphatic rings. The molecule has 1 N–H and O–H groups in total. The van der Waals surface area contributed by atoms with E-state index in [4.69, 9.17) is 12.2 Å². The van der Waals surface area contributed by atoms with Crippen LogP contribution in [-0.4, -0.2) is 23.7 Å². The van der Waals surface area contributed by atoms with E-state index in [1.807, 2.05) is 18.9 Å². The van der Waals surface area contributed by atoms with E-state index in [1.165, 1.54) is 17.7 Å². The molecule has 0 saturated heterocycles. The lowest BCUT2D eigenvalue weighted by Crippen LogP contribution is -2.30. The molecule has 0 radical (unpaired) electrons. The Labute approximate surface area is 139 Å². The molecule has 0 saturated carbocycles. The van der Waals surface area contributed by atoms with Gasteiger partial charge in [0.2, 0.25) is 0 Å². The molecule has 0 amide bonds. The fourth-order valence-electron chi connectivity index (χ4n) is 1.98. The molecule has 0 heterocycles. The monoisotopic (exact) mass is 336 g/mol. The molecule has 0 aromatic heterocycles. The van der Waals surface area contributed by atoms with E-state index in [0.29, 0.717) is 17.3 Å². The minimum Gasteiger partial charge on any atom is -0.435 e. The lowest BCUT2D eigenvalue weighted by molar-refractivity contribution is -0.0498. The minimum atomic E-state index is -2.82. The van der Waals surface area contributed by atoms with Gasteiger partial charge in [0.05, 0.1) is 0 Å². The second-order valence-corrected chi connectivity index (χ2v) is 5.56. The SMILES string of the molecule is Cc1ccc(CN(C)C(=S)Nc2ccc(OC(F)F)cc2)cc1. The Morgan fingerprint density at radius 2 is 1.74 bits per heavy atom. The molecule has 0 atom stereocenters. The Kier molecular flexibility index (Phi) is 5.87. The minimum absolute atomic E-state index is 0.115. The van der Waals surface area contributed by atoms with Gasteiger partial charge in [-0.25, -0.2) is 0 Å². The highest BCUT2D eigenvalue weighted by Gasteiger charge is 2.07. The van der Waals surface area contributed by atoms with Gasteiger partial charge in [-0.2, -0.15) is 8.78 Å². The Morgan fingerprint density at radius 1 is 1.13 bits per heavy atom. The highest BCUT2D eigenvalue weighted by atomic mass is 32.1. The van der Waals surface area contributed by atoms with Crippen molar-refractivity contribution in [3.05, 3.63) is 59.7 Å². The maximum Gasteiger partial charge on any atom is 0.387 e. The molecular formula is C17H18F2N2OS. The van der Waals surface area contributed by atoms with E-state index >= 15 is 0 Å². The van der Waals surface area contributed by atoms with Gasteiger partial charge in [-0.15, -0.1) is 0 Å². The summed E-state index contributed by atoms with van der Waals surface area (Å²) in [5.74, 6) is 0.115. The Bertz CT molecular complexity index is 645. The van der Waals surface area contributed by atoms with Crippen LogP contribution in [0.15, 0.2) is 48.5 Å². The molecule has 0 aliphatic heterocycles. The van der Waals surface area contributed by atoms with Crippen molar-refractivity contribution in [2.75, 3.05) is 12.4 Å². The summed E-state index contributed by atoms with van der Waals surface area (Å²) in [4.78, 5) is 1.91. The third-order valence-electron chi connectivity index (χ3n) is 3.22. The molecule has 0 unspecified atom stereocenters. The zero-order valence-electron chi connectivity index (χ0n) is 12.9. The number of aryl methyl sites for hydroxylation is 1. The number of nitrogens with one attached hydrogen (secondary N) is 1. The number of nitrogens with zero attached hydrogens (tertiary/aromatic N) is 1. The first-order valence-electron chi connectivity index (χ1n) is 7.06. The number of hydrogen-bond acceptors (Lipinski definition) is 2. The first-order chi connectivity index (χ1) is 10.9. The van der Waals surface area contributed by atoms with Crippen molar-refractivity contribution in [1.29, 1.82) is 0 Å². The Morgan fingerprint density at radius 3 is 2.30 bits per heavy atom. The van der Waals surface area contributed by atoms with E-state index in [9.17, 15) is 8.78 Å². The van der Waals surface area contributed by atoms with Gasteiger partial charge in [-0.05, 0) is 49.0 Å². The van der Waals surface area contributed by atoms with Crippen molar-refractivity contribution in [2.45, 2.75) is 20.1 Å². The number of benzene rings is 2. The van der Waals surface area contributed by atoms with Gasteiger partial charge in [0.15, 0.2) is 5.11 Å². The maximum absolute atomic E-state index is 12.1. The van der Waals surface area contributed by atoms with Gasteiger partial charge in [0, 0.05) is 19.3 Å². The Hall–Kier alpha value is -2.21. The van der Waals surface area contributed by atoms with E-state index in [-0.39, 0.29) is 5.75 Å². The first-order valence-corrected chi connectivity index (χ1v) is 7.47. The van der Waals surface area contributed by atoms with Gasteiger partial charge >= 0.3 is 6.61 Å². The topological polar surface area (TPSA) is 24.5 Å². The zero-order valence-corrected chi connectivity index (χ0v) is 13.7. The standard InChI is InChI=1S/C17H18F2N2OS/c1-12-3-5-13(6-4-12)11-21(2)17(23)20-14-7-9-15(10-8-14)22-16(18)19/h3-10,16H,11H2,1-2H3,(H,20,23). The molecule has 0 bridgehead atoms. The molecule has 2 aromatic carbocycles. The summed E-state index contributed by atoms with van der Waals surface area (Å²) in [5.41, 5.74) is 3.08. The normalized spacial score (nSPS) is 10.5. The van der Waals surface area contributed by atoms with Gasteiger partial charge in [0.25, 0.3) is 0 Å². The third kappa shape index (κ3) is 5.49. The number of rotatable bonds is 5. The van der Waals surface area contributed by atoms with Crippen LogP contribution in [0.1, 0.15) is 11.1 Å². The lowest BCUT2D eigenvalue weighted by atomic mass is 10.1. The molecular weight excluding hydrogens is 318 g/mol. The van der Waals surface area contributed by atoms with Gasteiger partial charge in [-0.1, -0.05) is 29.8 Å². The average molecular weight is 336 g/mol.